The lowest BCUT2D eigenvalue weighted by molar-refractivity contribution is -0.114. The molecule has 0 bridgehead atoms. The minimum absolute atomic E-state index is 0.0152. The number of carbonyl (C=O) groups excluding carboxylic acids is 1. The van der Waals surface area contributed by atoms with E-state index in [0.717, 1.165) is 17.7 Å². The van der Waals surface area contributed by atoms with Crippen molar-refractivity contribution >= 4 is 28.4 Å². The van der Waals surface area contributed by atoms with Crippen LogP contribution in [0.1, 0.15) is 5.56 Å². The number of nitrogens with zero attached hydrogens (tertiary/aromatic N) is 5. The molecule has 2 aromatic carbocycles. The average Bonchev–Trinajstić information content (AvgIpc) is 3.26. The second-order valence-electron chi connectivity index (χ2n) is 8.62. The number of nitrogens with two attached hydrogens (primary N) is 1. The first-order valence-corrected chi connectivity index (χ1v) is 11.6. The van der Waals surface area contributed by atoms with Crippen LogP contribution in [-0.4, -0.2) is 43.9 Å². The van der Waals surface area contributed by atoms with Gasteiger partial charge in [-0.25, -0.2) is 14.6 Å². The predicted octanol–water partition coefficient (Wildman–Crippen LogP) is 3.74. The summed E-state index contributed by atoms with van der Waals surface area (Å²) >= 11 is 0. The molecule has 0 fully saturated rings. The van der Waals surface area contributed by atoms with Crippen LogP contribution in [0.5, 0.6) is 11.5 Å². The Morgan fingerprint density at radius 1 is 1.22 bits per heavy atom. The van der Waals surface area contributed by atoms with Gasteiger partial charge in [-0.3, -0.25) is 4.79 Å². The van der Waals surface area contributed by atoms with Crippen LogP contribution in [0.2, 0.25) is 0 Å². The number of ether oxygens (including phenoxy) is 1. The molecule has 36 heavy (non-hydrogen) atoms. The summed E-state index contributed by atoms with van der Waals surface area (Å²) in [5.41, 5.74) is 10.2. The quantitative estimate of drug-likeness (QED) is 0.304. The van der Waals surface area contributed by atoms with E-state index in [1.807, 2.05) is 28.9 Å². The van der Waals surface area contributed by atoms with Gasteiger partial charge in [-0.1, -0.05) is 37.4 Å². The Hall–Kier alpha value is -4.66. The van der Waals surface area contributed by atoms with Gasteiger partial charge in [-0.15, -0.1) is 0 Å². The fraction of sp³-hybridized carbons (Fsp3) is 0.185. The zero-order chi connectivity index (χ0) is 25.2. The molecule has 0 aliphatic carbocycles. The number of anilines is 2. The number of para-hydroxylation sites is 1. The van der Waals surface area contributed by atoms with E-state index >= 15 is 0 Å². The molecule has 5 rings (SSSR count). The number of phenolic OH excluding ortho intramolecular Hbond substituents is 1. The number of aromatic nitrogens is 4. The third-order valence-electron chi connectivity index (χ3n) is 6.25. The average molecular weight is 483 g/mol. The van der Waals surface area contributed by atoms with Gasteiger partial charge in [-0.05, 0) is 42.3 Å². The Kier molecular flexibility index (Phi) is 6.12. The van der Waals surface area contributed by atoms with E-state index in [-0.39, 0.29) is 24.2 Å². The van der Waals surface area contributed by atoms with Gasteiger partial charge in [0.25, 0.3) is 0 Å². The molecular formula is C27H26N6O3. The highest BCUT2D eigenvalue weighted by Crippen LogP contribution is 2.37. The highest BCUT2D eigenvalue weighted by molar-refractivity contribution is 6.02. The Balaban J connectivity index is 1.54. The molecule has 182 valence electrons. The van der Waals surface area contributed by atoms with Crippen molar-refractivity contribution < 1.29 is 14.6 Å². The van der Waals surface area contributed by atoms with Crippen molar-refractivity contribution in [2.24, 2.45) is 5.92 Å². The van der Waals surface area contributed by atoms with Crippen LogP contribution in [0.4, 0.5) is 11.5 Å². The lowest BCUT2D eigenvalue weighted by atomic mass is 9.92. The normalized spacial score (nSPS) is 14.9. The maximum Gasteiger partial charge on any atom is 0.250 e. The van der Waals surface area contributed by atoms with E-state index in [1.165, 1.54) is 12.4 Å². The Morgan fingerprint density at radius 3 is 2.86 bits per heavy atom. The number of nitrogen functional groups attached to an aromatic ring is 1. The Morgan fingerprint density at radius 2 is 2.06 bits per heavy atom. The minimum Gasteiger partial charge on any atom is -0.504 e. The van der Waals surface area contributed by atoms with Crippen LogP contribution in [0.3, 0.4) is 0 Å². The van der Waals surface area contributed by atoms with Gasteiger partial charge in [0.1, 0.15) is 24.4 Å². The first-order valence-electron chi connectivity index (χ1n) is 11.6. The molecule has 1 aliphatic heterocycles. The minimum atomic E-state index is -0.138. The van der Waals surface area contributed by atoms with Crippen LogP contribution in [-0.2, 0) is 17.8 Å². The van der Waals surface area contributed by atoms with Gasteiger partial charge in [0, 0.05) is 30.3 Å². The Bertz CT molecular complexity index is 1480. The highest BCUT2D eigenvalue weighted by Gasteiger charge is 2.29. The summed E-state index contributed by atoms with van der Waals surface area (Å²) in [5.74, 6) is 0.581. The van der Waals surface area contributed by atoms with E-state index in [9.17, 15) is 9.90 Å². The summed E-state index contributed by atoms with van der Waals surface area (Å²) in [6.07, 6.45) is 5.14. The van der Waals surface area contributed by atoms with Gasteiger partial charge in [0.15, 0.2) is 17.1 Å². The van der Waals surface area contributed by atoms with E-state index in [1.54, 1.807) is 29.2 Å². The fourth-order valence-electron chi connectivity index (χ4n) is 4.65. The zero-order valence-electron chi connectivity index (χ0n) is 19.7. The molecule has 9 nitrogen and oxygen atoms in total. The van der Waals surface area contributed by atoms with Gasteiger partial charge in [0.2, 0.25) is 5.91 Å². The van der Waals surface area contributed by atoms with Crippen molar-refractivity contribution in [3.63, 3.8) is 0 Å². The number of carbonyl (C=O) groups is 1. The van der Waals surface area contributed by atoms with Crippen molar-refractivity contribution in [2.45, 2.75) is 13.0 Å². The topological polar surface area (TPSA) is 119 Å². The summed E-state index contributed by atoms with van der Waals surface area (Å²) in [6, 6.07) is 12.9. The predicted molar refractivity (Wildman–Crippen MR) is 139 cm³/mol. The molecular weight excluding hydrogens is 456 g/mol. The number of phenols is 1. The second-order valence-corrected chi connectivity index (χ2v) is 8.62. The van der Waals surface area contributed by atoms with Crippen molar-refractivity contribution in [3.05, 3.63) is 79.7 Å². The van der Waals surface area contributed by atoms with Crippen LogP contribution in [0, 0.1) is 5.92 Å². The Labute approximate surface area is 208 Å². The van der Waals surface area contributed by atoms with Crippen molar-refractivity contribution in [1.29, 1.82) is 0 Å². The summed E-state index contributed by atoms with van der Waals surface area (Å²) in [4.78, 5) is 23.0. The van der Waals surface area contributed by atoms with Gasteiger partial charge in [0.05, 0.1) is 5.39 Å². The molecule has 1 atom stereocenters. The number of amides is 1. The summed E-state index contributed by atoms with van der Waals surface area (Å²) in [6.45, 7) is 8.60. The third kappa shape index (κ3) is 4.15. The van der Waals surface area contributed by atoms with Crippen molar-refractivity contribution in [2.75, 3.05) is 23.8 Å². The molecule has 9 heteroatoms. The molecule has 3 N–H and O–H groups in total. The lowest BCUT2D eigenvalue weighted by Gasteiger charge is -2.34. The van der Waals surface area contributed by atoms with E-state index < -0.39 is 0 Å². The first kappa shape index (κ1) is 23.1. The molecule has 0 spiro atoms. The SMILES string of the molecule is C=CCOc1cc(-c2nn(CC3Cc4ccccc4N(C(=O)C=C)C3)c3ncnc(N)c23)ccc1O. The largest absolute Gasteiger partial charge is 0.504 e. The van der Waals surface area contributed by atoms with Gasteiger partial charge in [-0.2, -0.15) is 5.10 Å². The molecule has 2 aromatic heterocycles. The molecule has 0 saturated carbocycles. The van der Waals surface area contributed by atoms with Crippen LogP contribution in [0.15, 0.2) is 74.1 Å². The first-order chi connectivity index (χ1) is 17.5. The van der Waals surface area contributed by atoms with Crippen LogP contribution < -0.4 is 15.4 Å². The van der Waals surface area contributed by atoms with E-state index in [4.69, 9.17) is 15.6 Å². The van der Waals surface area contributed by atoms with Crippen LogP contribution in [0.25, 0.3) is 22.3 Å². The van der Waals surface area contributed by atoms with E-state index in [0.29, 0.717) is 46.9 Å². The van der Waals surface area contributed by atoms with Crippen LogP contribution >= 0.6 is 0 Å². The second kappa shape index (κ2) is 9.53. The number of hydrogen-bond acceptors (Lipinski definition) is 7. The summed E-state index contributed by atoms with van der Waals surface area (Å²) < 4.78 is 7.40. The lowest BCUT2D eigenvalue weighted by Crippen LogP contribution is -2.40. The molecule has 0 radical (unpaired) electrons. The molecule has 1 unspecified atom stereocenters. The molecule has 3 heterocycles. The molecule has 0 saturated heterocycles. The highest BCUT2D eigenvalue weighted by atomic mass is 16.5. The monoisotopic (exact) mass is 482 g/mol. The fourth-order valence-corrected chi connectivity index (χ4v) is 4.65. The van der Waals surface area contributed by atoms with Crippen molar-refractivity contribution in [3.8, 4) is 22.8 Å². The zero-order valence-corrected chi connectivity index (χ0v) is 19.7. The van der Waals surface area contributed by atoms with Gasteiger partial charge < -0.3 is 20.5 Å². The maximum absolute atomic E-state index is 12.6. The number of benzene rings is 2. The number of rotatable bonds is 7. The molecule has 1 amide bonds. The third-order valence-corrected chi connectivity index (χ3v) is 6.25. The standard InChI is InChI=1S/C27H26N6O3/c1-3-11-36-22-13-19(9-10-21(22)34)25-24-26(28)29-16-30-27(24)33(31-25)15-17-12-18-7-5-6-8-20(18)32(14-17)23(35)4-2/h3-10,13,16-17,34H,1-2,11-12,14-15H2,(H2,28,29,30). The summed E-state index contributed by atoms with van der Waals surface area (Å²) in [7, 11) is 0. The number of hydrogen-bond donors (Lipinski definition) is 2. The van der Waals surface area contributed by atoms with Gasteiger partial charge >= 0.3 is 0 Å². The maximum atomic E-state index is 12.6. The number of aromatic hydroxyl groups is 1. The number of fused-ring (bicyclic) bond motifs is 2. The molecule has 1 aliphatic rings. The summed E-state index contributed by atoms with van der Waals surface area (Å²) in [5, 5.41) is 15.7. The molecule has 4 aromatic rings. The smallest absolute Gasteiger partial charge is 0.250 e. The van der Waals surface area contributed by atoms with Crippen molar-refractivity contribution in [1.82, 2.24) is 19.7 Å². The van der Waals surface area contributed by atoms with E-state index in [2.05, 4.69) is 23.1 Å².